The van der Waals surface area contributed by atoms with Crippen molar-refractivity contribution >= 4 is 23.8 Å². The minimum Gasteiger partial charge on any atom is -0.269 e. The second kappa shape index (κ2) is 3.75. The van der Waals surface area contributed by atoms with Gasteiger partial charge in [-0.15, -0.1) is 0 Å². The molecule has 0 aromatic heterocycles. The summed E-state index contributed by atoms with van der Waals surface area (Å²) in [6.07, 6.45) is 0. The molecule has 0 aromatic carbocycles. The van der Waals surface area contributed by atoms with Crippen LogP contribution in [0.4, 0.5) is 0 Å². The van der Waals surface area contributed by atoms with Gasteiger partial charge in [-0.1, -0.05) is 0 Å². The molecule has 0 atom stereocenters. The lowest BCUT2D eigenvalue weighted by molar-refractivity contribution is 0.603. The van der Waals surface area contributed by atoms with Crippen LogP contribution in [0.25, 0.3) is 0 Å². The van der Waals surface area contributed by atoms with Crippen LogP contribution in [-0.4, -0.2) is 13.4 Å². The van der Waals surface area contributed by atoms with Gasteiger partial charge in [-0.25, -0.2) is 0 Å². The fraction of sp³-hybridized carbons (Fsp3) is 0. The first-order valence-electron chi connectivity index (χ1n) is 1.27. The summed E-state index contributed by atoms with van der Waals surface area (Å²) in [6.45, 7) is 0. The zero-order chi connectivity index (χ0) is 5.70. The molecule has 0 aliphatic heterocycles. The molecular formula is C2HO3PS. The molecule has 0 radical (unpaired) electrons. The van der Waals surface area contributed by atoms with Gasteiger partial charge in [0.15, 0.2) is 8.46 Å². The summed E-state index contributed by atoms with van der Waals surface area (Å²) in [5.74, 6) is 0.878. The maximum absolute atomic E-state index is 9.47. The van der Waals surface area contributed by atoms with E-state index in [1.807, 2.05) is 0 Å². The fourth-order valence-electron chi connectivity index (χ4n) is 0.0645. The summed E-state index contributed by atoms with van der Waals surface area (Å²) in [7, 11) is -2.67. The second-order valence-electron chi connectivity index (χ2n) is 0.587. The van der Waals surface area contributed by atoms with E-state index in [0.29, 0.717) is 0 Å². The normalized spacial score (nSPS) is 7.43. The molecule has 0 aliphatic carbocycles. The number of hydrogen-bond acceptors (Lipinski definition) is 3. The van der Waals surface area contributed by atoms with E-state index in [-0.39, 0.29) is 8.46 Å². The molecule has 0 saturated carbocycles. The molecule has 0 fully saturated rings. The Hall–Kier alpha value is -0.430. The van der Waals surface area contributed by atoms with E-state index >= 15 is 0 Å². The smallest absolute Gasteiger partial charge is 0.260 e. The molecule has 0 amide bonds. The molecule has 5 heteroatoms. The van der Waals surface area contributed by atoms with Crippen molar-refractivity contribution in [1.29, 1.82) is 0 Å². The minimum atomic E-state index is -2.33. The van der Waals surface area contributed by atoms with Crippen LogP contribution in [0.1, 0.15) is 0 Å². The van der Waals surface area contributed by atoms with Crippen LogP contribution in [0.15, 0.2) is 5.82 Å². The molecule has 0 bridgehead atoms. The van der Waals surface area contributed by atoms with Gasteiger partial charge >= 0.3 is 0 Å². The van der Waals surface area contributed by atoms with Crippen LogP contribution < -0.4 is 0 Å². The third kappa shape index (κ3) is 5.57. The Balaban J connectivity index is 4.50. The Bertz CT molecular complexity index is 199. The Morgan fingerprint density at radius 2 is 2.14 bits per heavy atom. The van der Waals surface area contributed by atoms with E-state index in [4.69, 9.17) is 0 Å². The number of hydrogen-bond donors (Lipinski definition) is 0. The second-order valence-corrected chi connectivity index (χ2v) is 1.76. The fourth-order valence-corrected chi connectivity index (χ4v) is 0.581. The topological polar surface area (TPSA) is 51.2 Å². The molecule has 0 aromatic rings. The van der Waals surface area contributed by atoms with Gasteiger partial charge in [0, 0.05) is 5.02 Å². The quantitative estimate of drug-likeness (QED) is 0.378. The highest BCUT2D eigenvalue weighted by atomic mass is 32.2. The van der Waals surface area contributed by atoms with E-state index in [2.05, 4.69) is 0 Å². The van der Waals surface area contributed by atoms with Crippen molar-refractivity contribution in [2.75, 3.05) is 0 Å². The number of rotatable bonds is 1. The minimum absolute atomic E-state index is 0.339. The molecule has 0 unspecified atom stereocenters. The highest BCUT2D eigenvalue weighted by Crippen LogP contribution is 1.84. The first kappa shape index (κ1) is 6.57. The molecule has 0 rings (SSSR count). The molecule has 0 heterocycles. The standard InChI is InChI=1S/C2HO3PS/c3-6-1-2-7(4)5/h1H. The van der Waals surface area contributed by atoms with E-state index in [1.54, 1.807) is 5.02 Å². The van der Waals surface area contributed by atoms with Gasteiger partial charge in [-0.3, -0.25) is 4.57 Å². The zero-order valence-electron chi connectivity index (χ0n) is 3.16. The summed E-state index contributed by atoms with van der Waals surface area (Å²) in [6, 6.07) is 0. The van der Waals surface area contributed by atoms with E-state index in [9.17, 15) is 13.0 Å². The molecular weight excluding hydrogens is 135 g/mol. The summed E-state index contributed by atoms with van der Waals surface area (Å²) < 4.78 is 28.4. The van der Waals surface area contributed by atoms with Crippen molar-refractivity contribution < 1.29 is 13.0 Å². The Kier molecular flexibility index (Phi) is 3.52. The van der Waals surface area contributed by atoms with Gasteiger partial charge in [-0.05, 0) is 0 Å². The van der Waals surface area contributed by atoms with Crippen LogP contribution in [0, 0.1) is 0 Å². The summed E-state index contributed by atoms with van der Waals surface area (Å²) in [5.41, 5.74) is 0. The SMILES string of the molecule is O=PC=C=S(=O)=O. The van der Waals surface area contributed by atoms with Crippen LogP contribution in [-0.2, 0) is 14.9 Å². The highest BCUT2D eigenvalue weighted by Gasteiger charge is 1.57. The zero-order valence-corrected chi connectivity index (χ0v) is 4.87. The maximum Gasteiger partial charge on any atom is 0.260 e. The van der Waals surface area contributed by atoms with Gasteiger partial charge in [0.05, 0.1) is 5.82 Å². The average Bonchev–Trinajstić information content (AvgIpc) is 1.61. The molecule has 38 valence electrons. The first-order valence-corrected chi connectivity index (χ1v) is 3.22. The average molecular weight is 136 g/mol. The van der Waals surface area contributed by atoms with Gasteiger partial charge in [0.25, 0.3) is 10.3 Å². The molecule has 0 spiro atoms. The van der Waals surface area contributed by atoms with Crippen LogP contribution in [0.3, 0.4) is 0 Å². The Morgan fingerprint density at radius 3 is 2.29 bits per heavy atom. The summed E-state index contributed by atoms with van der Waals surface area (Å²) in [4.78, 5) is 0. The summed E-state index contributed by atoms with van der Waals surface area (Å²) in [5, 5.41) is 1.76. The van der Waals surface area contributed by atoms with Gasteiger partial charge in [-0.2, -0.15) is 8.42 Å². The van der Waals surface area contributed by atoms with Crippen molar-refractivity contribution in [3.63, 3.8) is 0 Å². The first-order chi connectivity index (χ1) is 3.27. The van der Waals surface area contributed by atoms with Crippen molar-refractivity contribution in [1.82, 2.24) is 0 Å². The third-order valence-electron chi connectivity index (χ3n) is 0.202. The van der Waals surface area contributed by atoms with Gasteiger partial charge < -0.3 is 0 Å². The predicted molar refractivity (Wildman–Crippen MR) is 26.1 cm³/mol. The summed E-state index contributed by atoms with van der Waals surface area (Å²) >= 11 is 0. The molecule has 7 heavy (non-hydrogen) atoms. The molecule has 0 N–H and O–H groups in total. The van der Waals surface area contributed by atoms with Crippen molar-refractivity contribution in [3.8, 4) is 0 Å². The molecule has 0 saturated heterocycles. The lowest BCUT2D eigenvalue weighted by Crippen LogP contribution is -1.50. The lowest BCUT2D eigenvalue weighted by Gasteiger charge is -1.40. The van der Waals surface area contributed by atoms with Gasteiger partial charge in [0.2, 0.25) is 0 Å². The Morgan fingerprint density at radius 1 is 1.57 bits per heavy atom. The van der Waals surface area contributed by atoms with E-state index in [0.717, 1.165) is 5.82 Å². The third-order valence-corrected chi connectivity index (χ3v) is 0.921. The van der Waals surface area contributed by atoms with E-state index < -0.39 is 10.3 Å². The van der Waals surface area contributed by atoms with Crippen LogP contribution >= 0.6 is 8.46 Å². The highest BCUT2D eigenvalue weighted by molar-refractivity contribution is 7.71. The lowest BCUT2D eigenvalue weighted by atomic mass is 11.3. The largest absolute Gasteiger partial charge is 0.269 e. The van der Waals surface area contributed by atoms with Crippen molar-refractivity contribution in [2.24, 2.45) is 0 Å². The van der Waals surface area contributed by atoms with Crippen molar-refractivity contribution in [3.05, 3.63) is 5.82 Å². The van der Waals surface area contributed by atoms with Gasteiger partial charge in [0.1, 0.15) is 0 Å². The monoisotopic (exact) mass is 136 g/mol. The molecule has 0 aliphatic rings. The van der Waals surface area contributed by atoms with Crippen LogP contribution in [0.2, 0.25) is 0 Å². The maximum atomic E-state index is 9.47. The Labute approximate surface area is 43.4 Å². The molecule has 3 nitrogen and oxygen atoms in total. The predicted octanol–water partition coefficient (Wildman–Crippen LogP) is 0.0720. The van der Waals surface area contributed by atoms with Crippen LogP contribution in [0.5, 0.6) is 0 Å². The van der Waals surface area contributed by atoms with E-state index in [1.165, 1.54) is 0 Å². The van der Waals surface area contributed by atoms with Crippen molar-refractivity contribution in [2.45, 2.75) is 0 Å².